The first kappa shape index (κ1) is 17.3. The molecule has 0 bridgehead atoms. The Morgan fingerprint density at radius 1 is 1.12 bits per heavy atom. The molecule has 1 N–H and O–H groups in total. The smallest absolute Gasteiger partial charge is 0.308 e. The molecule has 5 nitrogen and oxygen atoms in total. The van der Waals surface area contributed by atoms with Crippen molar-refractivity contribution in [1.82, 2.24) is 4.90 Å². The van der Waals surface area contributed by atoms with Gasteiger partial charge >= 0.3 is 5.97 Å². The van der Waals surface area contributed by atoms with Crippen LogP contribution in [0.1, 0.15) is 23.2 Å². The molecular formula is C20H20ClNO4. The summed E-state index contributed by atoms with van der Waals surface area (Å²) in [7, 11) is 0. The van der Waals surface area contributed by atoms with Gasteiger partial charge in [-0.2, -0.15) is 0 Å². The Balaban J connectivity index is 1.69. The SMILES string of the molecule is O=C(O)C1CN(C(=O)c2cccc3c(Cl)cccc23)CC12CCOCC2. The largest absolute Gasteiger partial charge is 0.481 e. The van der Waals surface area contributed by atoms with E-state index in [1.807, 2.05) is 24.3 Å². The molecule has 0 radical (unpaired) electrons. The second-order valence-corrected chi connectivity index (χ2v) is 7.60. The quantitative estimate of drug-likeness (QED) is 0.875. The number of halogens is 1. The fourth-order valence-electron chi connectivity index (χ4n) is 4.38. The molecule has 2 fully saturated rings. The first-order valence-corrected chi connectivity index (χ1v) is 9.17. The van der Waals surface area contributed by atoms with Crippen LogP contribution in [-0.4, -0.2) is 48.2 Å². The average Bonchev–Trinajstić information content (AvgIpc) is 3.01. The van der Waals surface area contributed by atoms with Crippen molar-refractivity contribution in [3.63, 3.8) is 0 Å². The highest BCUT2D eigenvalue weighted by atomic mass is 35.5. The number of benzene rings is 2. The number of carbonyl (C=O) groups is 2. The van der Waals surface area contributed by atoms with Crippen molar-refractivity contribution in [3.8, 4) is 0 Å². The molecule has 1 unspecified atom stereocenters. The first-order valence-electron chi connectivity index (χ1n) is 8.79. The van der Waals surface area contributed by atoms with Crippen molar-refractivity contribution in [2.75, 3.05) is 26.3 Å². The molecule has 2 saturated heterocycles. The van der Waals surface area contributed by atoms with E-state index in [1.54, 1.807) is 17.0 Å². The Morgan fingerprint density at radius 2 is 1.81 bits per heavy atom. The van der Waals surface area contributed by atoms with Gasteiger partial charge in [0.25, 0.3) is 5.91 Å². The van der Waals surface area contributed by atoms with Crippen LogP contribution in [0.4, 0.5) is 0 Å². The van der Waals surface area contributed by atoms with Gasteiger partial charge in [-0.3, -0.25) is 9.59 Å². The maximum absolute atomic E-state index is 13.2. The first-order chi connectivity index (χ1) is 12.5. The third kappa shape index (κ3) is 2.75. The number of likely N-dealkylation sites (tertiary alicyclic amines) is 1. The fourth-order valence-corrected chi connectivity index (χ4v) is 4.61. The lowest BCUT2D eigenvalue weighted by Gasteiger charge is -2.36. The summed E-state index contributed by atoms with van der Waals surface area (Å²) in [6.07, 6.45) is 1.35. The van der Waals surface area contributed by atoms with E-state index in [9.17, 15) is 14.7 Å². The normalized spacial score (nSPS) is 22.0. The standard InChI is InChI=1S/C20H20ClNO4/c21-17-6-2-3-13-14(17)4-1-5-15(13)18(23)22-11-16(19(24)25)20(12-22)7-9-26-10-8-20/h1-6,16H,7-12H2,(H,24,25). The van der Waals surface area contributed by atoms with Crippen molar-refractivity contribution < 1.29 is 19.4 Å². The summed E-state index contributed by atoms with van der Waals surface area (Å²) in [6, 6.07) is 11.0. The van der Waals surface area contributed by atoms with Crippen LogP contribution in [0.25, 0.3) is 10.8 Å². The molecular weight excluding hydrogens is 354 g/mol. The van der Waals surface area contributed by atoms with E-state index in [0.29, 0.717) is 43.2 Å². The number of amides is 1. The lowest BCUT2D eigenvalue weighted by Crippen LogP contribution is -2.40. The Morgan fingerprint density at radius 3 is 2.54 bits per heavy atom. The number of rotatable bonds is 2. The zero-order valence-corrected chi connectivity index (χ0v) is 15.0. The topological polar surface area (TPSA) is 66.8 Å². The summed E-state index contributed by atoms with van der Waals surface area (Å²) < 4.78 is 5.42. The van der Waals surface area contributed by atoms with Gasteiger partial charge in [0.1, 0.15) is 0 Å². The van der Waals surface area contributed by atoms with Gasteiger partial charge < -0.3 is 14.7 Å². The van der Waals surface area contributed by atoms with Crippen molar-refractivity contribution in [1.29, 1.82) is 0 Å². The second-order valence-electron chi connectivity index (χ2n) is 7.19. The van der Waals surface area contributed by atoms with Crippen LogP contribution < -0.4 is 0 Å². The Bertz CT molecular complexity index is 875. The summed E-state index contributed by atoms with van der Waals surface area (Å²) in [6.45, 7) is 1.81. The number of carboxylic acid groups (broad SMARTS) is 1. The third-order valence-electron chi connectivity index (χ3n) is 5.82. The minimum Gasteiger partial charge on any atom is -0.481 e. The molecule has 136 valence electrons. The molecule has 1 amide bonds. The summed E-state index contributed by atoms with van der Waals surface area (Å²) in [4.78, 5) is 26.8. The van der Waals surface area contributed by atoms with Gasteiger partial charge in [0.2, 0.25) is 0 Å². The minimum absolute atomic E-state index is 0.132. The highest BCUT2D eigenvalue weighted by Gasteiger charge is 2.52. The number of carboxylic acids is 1. The number of ether oxygens (including phenoxy) is 1. The maximum atomic E-state index is 13.2. The third-order valence-corrected chi connectivity index (χ3v) is 6.15. The Hall–Kier alpha value is -2.11. The lowest BCUT2D eigenvalue weighted by molar-refractivity contribution is -0.146. The Labute approximate surface area is 156 Å². The lowest BCUT2D eigenvalue weighted by atomic mass is 9.72. The van der Waals surface area contributed by atoms with Crippen LogP contribution >= 0.6 is 11.6 Å². The van der Waals surface area contributed by atoms with Crippen LogP contribution in [0.3, 0.4) is 0 Å². The minimum atomic E-state index is -0.830. The van der Waals surface area contributed by atoms with Crippen molar-refractivity contribution in [2.24, 2.45) is 11.3 Å². The van der Waals surface area contributed by atoms with Gasteiger partial charge in [-0.25, -0.2) is 0 Å². The zero-order chi connectivity index (χ0) is 18.3. The van der Waals surface area contributed by atoms with Crippen LogP contribution in [0.15, 0.2) is 36.4 Å². The van der Waals surface area contributed by atoms with Gasteiger partial charge in [0.05, 0.1) is 5.92 Å². The van der Waals surface area contributed by atoms with E-state index in [1.165, 1.54) is 0 Å². The van der Waals surface area contributed by atoms with Crippen LogP contribution in [0, 0.1) is 11.3 Å². The number of aliphatic carboxylic acids is 1. The van der Waals surface area contributed by atoms with Gasteiger partial charge in [0.15, 0.2) is 0 Å². The van der Waals surface area contributed by atoms with E-state index in [0.717, 1.165) is 10.8 Å². The molecule has 0 aliphatic carbocycles. The molecule has 2 aromatic rings. The summed E-state index contributed by atoms with van der Waals surface area (Å²) in [5.41, 5.74) is 0.181. The van der Waals surface area contributed by atoms with Crippen molar-refractivity contribution in [2.45, 2.75) is 12.8 Å². The van der Waals surface area contributed by atoms with Crippen LogP contribution in [0.2, 0.25) is 5.02 Å². The predicted molar refractivity (Wildman–Crippen MR) is 98.5 cm³/mol. The van der Waals surface area contributed by atoms with Gasteiger partial charge in [-0.1, -0.05) is 35.9 Å². The predicted octanol–water partition coefficient (Wildman–Crippen LogP) is 3.45. The molecule has 0 saturated carbocycles. The molecule has 2 aliphatic rings. The number of carbonyl (C=O) groups excluding carboxylic acids is 1. The average molecular weight is 374 g/mol. The van der Waals surface area contributed by atoms with Crippen LogP contribution in [0.5, 0.6) is 0 Å². The number of nitrogens with zero attached hydrogens (tertiary/aromatic N) is 1. The molecule has 0 aromatic heterocycles. The zero-order valence-electron chi connectivity index (χ0n) is 14.3. The molecule has 4 rings (SSSR count). The van der Waals surface area contributed by atoms with Crippen LogP contribution in [-0.2, 0) is 9.53 Å². The number of hydrogen-bond donors (Lipinski definition) is 1. The summed E-state index contributed by atoms with van der Waals surface area (Å²) >= 11 is 6.26. The monoisotopic (exact) mass is 373 g/mol. The fraction of sp³-hybridized carbons (Fsp3) is 0.400. The maximum Gasteiger partial charge on any atom is 0.308 e. The molecule has 2 aromatic carbocycles. The van der Waals surface area contributed by atoms with Gasteiger partial charge in [-0.15, -0.1) is 0 Å². The van der Waals surface area contributed by atoms with E-state index < -0.39 is 11.9 Å². The Kier molecular flexibility index (Phi) is 4.37. The molecule has 2 aliphatic heterocycles. The highest BCUT2D eigenvalue weighted by molar-refractivity contribution is 6.36. The summed E-state index contributed by atoms with van der Waals surface area (Å²) in [5.74, 6) is -1.51. The number of fused-ring (bicyclic) bond motifs is 1. The number of hydrogen-bond acceptors (Lipinski definition) is 3. The van der Waals surface area contributed by atoms with Gasteiger partial charge in [-0.05, 0) is 30.4 Å². The second kappa shape index (κ2) is 6.56. The van der Waals surface area contributed by atoms with Crippen molar-refractivity contribution in [3.05, 3.63) is 47.0 Å². The highest BCUT2D eigenvalue weighted by Crippen LogP contribution is 2.45. The molecule has 26 heavy (non-hydrogen) atoms. The summed E-state index contributed by atoms with van der Waals surface area (Å²) in [5, 5.41) is 11.9. The van der Waals surface area contributed by atoms with E-state index in [-0.39, 0.29) is 17.9 Å². The van der Waals surface area contributed by atoms with E-state index >= 15 is 0 Å². The van der Waals surface area contributed by atoms with E-state index in [2.05, 4.69) is 0 Å². The molecule has 1 atom stereocenters. The van der Waals surface area contributed by atoms with Gasteiger partial charge in [0, 0.05) is 47.7 Å². The molecule has 6 heteroatoms. The molecule has 2 heterocycles. The molecule has 1 spiro atoms. The van der Waals surface area contributed by atoms with Crippen molar-refractivity contribution >= 4 is 34.2 Å². The van der Waals surface area contributed by atoms with E-state index in [4.69, 9.17) is 16.3 Å².